The van der Waals surface area contributed by atoms with Crippen LogP contribution in [0.4, 0.5) is 0 Å². The van der Waals surface area contributed by atoms with Crippen LogP contribution in [0.15, 0.2) is 48.8 Å². The molecule has 1 unspecified atom stereocenters. The van der Waals surface area contributed by atoms with E-state index in [9.17, 15) is 0 Å². The third-order valence-corrected chi connectivity index (χ3v) is 7.21. The normalized spacial score (nSPS) is 13.7. The second-order valence-electron chi connectivity index (χ2n) is 9.38. The predicted molar refractivity (Wildman–Crippen MR) is 137 cm³/mol. The molecule has 1 aliphatic heterocycles. The molecule has 1 aliphatic rings. The van der Waals surface area contributed by atoms with Gasteiger partial charge in [-0.05, 0) is 48.1 Å². The molecule has 2 N–H and O–H groups in total. The topological polar surface area (TPSA) is 92.4 Å². The number of nitrogens with one attached hydrogen (secondary N) is 2. The van der Waals surface area contributed by atoms with Crippen molar-refractivity contribution in [3.8, 4) is 28.1 Å². The monoisotopic (exact) mass is 460 g/mol. The molecule has 0 fully saturated rings. The highest BCUT2D eigenvalue weighted by Gasteiger charge is 2.22. The Kier molecular flexibility index (Phi) is 4.24. The highest BCUT2D eigenvalue weighted by molar-refractivity contribution is 6.23. The number of hydrogen-bond donors (Lipinski definition) is 2. The second kappa shape index (κ2) is 7.37. The van der Waals surface area contributed by atoms with Crippen LogP contribution in [-0.2, 0) is 6.61 Å². The van der Waals surface area contributed by atoms with Crippen molar-refractivity contribution in [1.29, 1.82) is 0 Å². The summed E-state index contributed by atoms with van der Waals surface area (Å²) in [6.45, 7) is 6.83. The van der Waals surface area contributed by atoms with Crippen LogP contribution in [0.5, 0.6) is 5.75 Å². The molecule has 172 valence electrons. The van der Waals surface area contributed by atoms with E-state index in [-0.39, 0.29) is 0 Å². The van der Waals surface area contributed by atoms with E-state index in [2.05, 4.69) is 75.4 Å². The van der Waals surface area contributed by atoms with Crippen molar-refractivity contribution < 1.29 is 4.74 Å². The summed E-state index contributed by atoms with van der Waals surface area (Å²) < 4.78 is 6.06. The molecule has 4 heterocycles. The minimum atomic E-state index is 0.358. The summed E-state index contributed by atoms with van der Waals surface area (Å²) in [5.41, 5.74) is 7.30. The Morgan fingerprint density at radius 2 is 1.71 bits per heavy atom. The molecular weight excluding hydrogens is 436 g/mol. The van der Waals surface area contributed by atoms with E-state index in [0.29, 0.717) is 12.5 Å². The van der Waals surface area contributed by atoms with Gasteiger partial charge in [0.15, 0.2) is 0 Å². The first-order chi connectivity index (χ1) is 17.1. The van der Waals surface area contributed by atoms with Gasteiger partial charge in [0.25, 0.3) is 0 Å². The van der Waals surface area contributed by atoms with E-state index in [1.807, 2.05) is 19.3 Å². The van der Waals surface area contributed by atoms with Gasteiger partial charge in [0.1, 0.15) is 29.7 Å². The first kappa shape index (κ1) is 20.1. The Hall–Kier alpha value is -4.26. The third-order valence-electron chi connectivity index (χ3n) is 7.21. The molecule has 1 atom stereocenters. The quantitative estimate of drug-likeness (QED) is 0.297. The average molecular weight is 461 g/mol. The van der Waals surface area contributed by atoms with Crippen LogP contribution in [0, 0.1) is 6.92 Å². The van der Waals surface area contributed by atoms with Crippen LogP contribution in [0.3, 0.4) is 0 Å². The number of aryl methyl sites for hydroxylation is 1. The van der Waals surface area contributed by atoms with Crippen molar-refractivity contribution in [1.82, 2.24) is 30.1 Å². The van der Waals surface area contributed by atoms with Crippen LogP contribution >= 0.6 is 0 Å². The van der Waals surface area contributed by atoms with Gasteiger partial charge in [-0.3, -0.25) is 0 Å². The smallest absolute Gasteiger partial charge is 0.132 e. The van der Waals surface area contributed by atoms with E-state index < -0.39 is 0 Å². The summed E-state index contributed by atoms with van der Waals surface area (Å²) >= 11 is 0. The van der Waals surface area contributed by atoms with E-state index in [1.54, 1.807) is 0 Å². The summed E-state index contributed by atoms with van der Waals surface area (Å²) in [5, 5.41) is 12.7. The molecule has 0 amide bonds. The number of nitrogens with zero attached hydrogens (tertiary/aromatic N) is 4. The zero-order valence-electron chi connectivity index (χ0n) is 19.8. The lowest BCUT2D eigenvalue weighted by atomic mass is 9.95. The molecule has 0 radical (unpaired) electrons. The Balaban J connectivity index is 1.43. The van der Waals surface area contributed by atoms with Crippen molar-refractivity contribution in [3.63, 3.8) is 0 Å². The van der Waals surface area contributed by atoms with Crippen molar-refractivity contribution in [2.75, 3.05) is 0 Å². The first-order valence-corrected chi connectivity index (χ1v) is 12.0. The lowest BCUT2D eigenvalue weighted by molar-refractivity contribution is 0.298. The van der Waals surface area contributed by atoms with Crippen LogP contribution < -0.4 is 4.74 Å². The fraction of sp³-hybridized carbons (Fsp3) is 0.214. The van der Waals surface area contributed by atoms with Gasteiger partial charge in [0.05, 0.1) is 29.1 Å². The summed E-state index contributed by atoms with van der Waals surface area (Å²) in [4.78, 5) is 16.5. The lowest BCUT2D eigenvalue weighted by Gasteiger charge is -2.18. The Morgan fingerprint density at radius 3 is 2.57 bits per heavy atom. The number of aromatic amines is 2. The van der Waals surface area contributed by atoms with Gasteiger partial charge in [-0.1, -0.05) is 32.0 Å². The molecular formula is C28H24N6O. The van der Waals surface area contributed by atoms with Crippen LogP contribution in [0.25, 0.3) is 55.0 Å². The standard InChI is InChI=1S/C28H24N6O/c1-4-14(2)28-33-26-18-7-5-16(9-20(18)21-11-29-30-12-22(21)27(26)34-28)17-6-8-19-24(10-17)35-13-23-25(19)32-15(3)31-23/h5-12,14H,4,13H2,1-3H3,(H,31,32)(H,33,34). The number of H-pyrrole nitrogens is 2. The van der Waals surface area contributed by atoms with Crippen LogP contribution in [0.1, 0.15) is 43.5 Å². The van der Waals surface area contributed by atoms with Crippen molar-refractivity contribution in [2.45, 2.75) is 39.7 Å². The van der Waals surface area contributed by atoms with Crippen LogP contribution in [-0.4, -0.2) is 30.1 Å². The highest BCUT2D eigenvalue weighted by atomic mass is 16.5. The molecule has 7 rings (SSSR count). The Bertz CT molecular complexity index is 1780. The molecule has 0 bridgehead atoms. The summed E-state index contributed by atoms with van der Waals surface area (Å²) in [6.07, 6.45) is 4.69. The molecule has 0 aliphatic carbocycles. The molecule has 3 aromatic heterocycles. The van der Waals surface area contributed by atoms with E-state index in [4.69, 9.17) is 9.72 Å². The summed E-state index contributed by atoms with van der Waals surface area (Å²) in [5.74, 6) is 3.15. The van der Waals surface area contributed by atoms with Crippen molar-refractivity contribution >= 4 is 32.6 Å². The molecule has 35 heavy (non-hydrogen) atoms. The van der Waals surface area contributed by atoms with Gasteiger partial charge in [-0.2, -0.15) is 10.2 Å². The Morgan fingerprint density at radius 1 is 0.914 bits per heavy atom. The van der Waals surface area contributed by atoms with Gasteiger partial charge in [-0.15, -0.1) is 0 Å². The fourth-order valence-electron chi connectivity index (χ4n) is 5.14. The predicted octanol–water partition coefficient (Wildman–Crippen LogP) is 6.43. The van der Waals surface area contributed by atoms with Gasteiger partial charge in [-0.25, -0.2) is 9.97 Å². The number of fused-ring (bicyclic) bond motifs is 9. The van der Waals surface area contributed by atoms with Gasteiger partial charge in [0.2, 0.25) is 0 Å². The molecule has 3 aromatic carbocycles. The van der Waals surface area contributed by atoms with E-state index in [0.717, 1.165) is 84.5 Å². The maximum Gasteiger partial charge on any atom is 0.132 e. The molecule has 0 saturated heterocycles. The maximum atomic E-state index is 6.06. The number of imidazole rings is 2. The number of rotatable bonds is 3. The number of hydrogen-bond acceptors (Lipinski definition) is 5. The van der Waals surface area contributed by atoms with E-state index >= 15 is 0 Å². The van der Waals surface area contributed by atoms with E-state index in [1.165, 1.54) is 0 Å². The maximum absolute atomic E-state index is 6.06. The summed E-state index contributed by atoms with van der Waals surface area (Å²) in [6, 6.07) is 13.0. The zero-order valence-corrected chi connectivity index (χ0v) is 19.8. The highest BCUT2D eigenvalue weighted by Crippen LogP contribution is 2.41. The van der Waals surface area contributed by atoms with Gasteiger partial charge < -0.3 is 14.7 Å². The van der Waals surface area contributed by atoms with Crippen LogP contribution in [0.2, 0.25) is 0 Å². The molecule has 0 spiro atoms. The minimum Gasteiger partial charge on any atom is -0.486 e. The number of benzene rings is 3. The summed E-state index contributed by atoms with van der Waals surface area (Å²) in [7, 11) is 0. The zero-order chi connectivity index (χ0) is 23.7. The first-order valence-electron chi connectivity index (χ1n) is 12.0. The molecule has 6 aromatic rings. The Labute approximate surface area is 201 Å². The number of ether oxygens (including phenoxy) is 1. The van der Waals surface area contributed by atoms with Gasteiger partial charge >= 0.3 is 0 Å². The fourth-order valence-corrected chi connectivity index (χ4v) is 5.14. The third kappa shape index (κ3) is 2.97. The molecule has 0 saturated carbocycles. The second-order valence-corrected chi connectivity index (χ2v) is 9.38. The van der Waals surface area contributed by atoms with Crippen molar-refractivity contribution in [2.24, 2.45) is 0 Å². The largest absolute Gasteiger partial charge is 0.486 e. The molecule has 7 heteroatoms. The lowest BCUT2D eigenvalue weighted by Crippen LogP contribution is -2.05. The molecule has 7 nitrogen and oxygen atoms in total. The number of aromatic nitrogens is 6. The SMILES string of the molecule is CCC(C)c1nc2c3cnncc3c3cc(-c4ccc5c(c4)OCc4nc(C)[nH]c4-5)ccc3c2[nH]1. The van der Waals surface area contributed by atoms with Crippen molar-refractivity contribution in [3.05, 3.63) is 66.1 Å². The average Bonchev–Trinajstić information content (AvgIpc) is 3.51. The van der Waals surface area contributed by atoms with Gasteiger partial charge in [0, 0.05) is 27.6 Å². The minimum absolute atomic E-state index is 0.358.